The van der Waals surface area contributed by atoms with Crippen molar-refractivity contribution in [2.45, 2.75) is 31.9 Å². The number of rotatable bonds is 8. The lowest BCUT2D eigenvalue weighted by atomic mass is 10.1. The lowest BCUT2D eigenvalue weighted by molar-refractivity contribution is -0.119. The van der Waals surface area contributed by atoms with E-state index in [1.54, 1.807) is 14.2 Å². The molecule has 1 aliphatic heterocycles. The van der Waals surface area contributed by atoms with Gasteiger partial charge in [-0.25, -0.2) is 0 Å². The number of hydrogen-bond acceptors (Lipinski definition) is 5. The van der Waals surface area contributed by atoms with Gasteiger partial charge in [0.2, 0.25) is 5.91 Å². The molecule has 0 radical (unpaired) electrons. The van der Waals surface area contributed by atoms with E-state index in [0.29, 0.717) is 19.1 Å². The number of piperidine rings is 1. The number of benzene rings is 1. The molecule has 1 aromatic carbocycles. The zero-order chi connectivity index (χ0) is 19.6. The number of methoxy groups -OCH3 is 1. The fourth-order valence-corrected chi connectivity index (χ4v) is 3.01. The number of primary amides is 1. The number of ether oxygens (including phenoxy) is 2. The monoisotopic (exact) mass is 505 g/mol. The molecule has 8 nitrogen and oxygen atoms in total. The normalized spacial score (nSPS) is 16.6. The van der Waals surface area contributed by atoms with Gasteiger partial charge in [0.15, 0.2) is 5.96 Å². The summed E-state index contributed by atoms with van der Waals surface area (Å²) in [7, 11) is 3.40. The summed E-state index contributed by atoms with van der Waals surface area (Å²) in [4.78, 5) is 17.4. The number of nitrogens with zero attached hydrogens (tertiary/aromatic N) is 2. The van der Waals surface area contributed by atoms with Gasteiger partial charge in [-0.3, -0.25) is 14.7 Å². The number of nitrogens with two attached hydrogens (primary N) is 1. The molecule has 4 N–H and O–H groups in total. The summed E-state index contributed by atoms with van der Waals surface area (Å²) in [5.74, 6) is 2.09. The Kier molecular flexibility index (Phi) is 11.0. The summed E-state index contributed by atoms with van der Waals surface area (Å²) in [6, 6.07) is 7.87. The van der Waals surface area contributed by atoms with Crippen LogP contribution < -0.4 is 25.8 Å². The largest absolute Gasteiger partial charge is 0.497 e. The van der Waals surface area contributed by atoms with Crippen molar-refractivity contribution in [1.82, 2.24) is 15.5 Å². The predicted molar refractivity (Wildman–Crippen MR) is 122 cm³/mol. The molecule has 158 valence electrons. The predicted octanol–water partition coefficient (Wildman–Crippen LogP) is 1.20. The molecule has 1 atom stereocenters. The van der Waals surface area contributed by atoms with Gasteiger partial charge in [-0.1, -0.05) is 0 Å². The Balaban J connectivity index is 0.00000392. The quantitative estimate of drug-likeness (QED) is 0.279. The van der Waals surface area contributed by atoms with E-state index in [1.807, 2.05) is 31.2 Å². The van der Waals surface area contributed by atoms with E-state index in [-0.39, 0.29) is 36.0 Å². The van der Waals surface area contributed by atoms with Crippen molar-refractivity contribution >= 4 is 35.8 Å². The van der Waals surface area contributed by atoms with Crippen LogP contribution in [0.1, 0.15) is 19.8 Å². The lowest BCUT2D eigenvalue weighted by Gasteiger charge is -2.32. The van der Waals surface area contributed by atoms with Crippen LogP contribution in [0.3, 0.4) is 0 Å². The van der Waals surface area contributed by atoms with Crippen LogP contribution in [0.5, 0.6) is 11.5 Å². The Morgan fingerprint density at radius 3 is 2.43 bits per heavy atom. The molecule has 0 aliphatic carbocycles. The van der Waals surface area contributed by atoms with Gasteiger partial charge < -0.3 is 25.8 Å². The molecular weight excluding hydrogens is 473 g/mol. The first-order valence-electron chi connectivity index (χ1n) is 9.28. The first kappa shape index (κ1) is 24.3. The van der Waals surface area contributed by atoms with Crippen LogP contribution in [-0.4, -0.2) is 69.2 Å². The number of carbonyl (C=O) groups is 1. The average molecular weight is 505 g/mol. The minimum absolute atomic E-state index is 0. The van der Waals surface area contributed by atoms with Crippen LogP contribution >= 0.6 is 24.0 Å². The maximum Gasteiger partial charge on any atom is 0.231 e. The number of carbonyl (C=O) groups excluding carboxylic acids is 1. The van der Waals surface area contributed by atoms with Crippen molar-refractivity contribution < 1.29 is 14.3 Å². The highest BCUT2D eigenvalue weighted by molar-refractivity contribution is 14.0. The second-order valence-electron chi connectivity index (χ2n) is 6.72. The molecule has 1 aromatic rings. The molecule has 1 unspecified atom stereocenters. The average Bonchev–Trinajstić information content (AvgIpc) is 2.66. The number of hydrogen-bond donors (Lipinski definition) is 3. The molecular formula is C19H32IN5O3. The highest BCUT2D eigenvalue weighted by Crippen LogP contribution is 2.18. The van der Waals surface area contributed by atoms with Gasteiger partial charge in [-0.15, -0.1) is 24.0 Å². The first-order chi connectivity index (χ1) is 13.0. The fourth-order valence-electron chi connectivity index (χ4n) is 3.01. The zero-order valence-corrected chi connectivity index (χ0v) is 19.1. The van der Waals surface area contributed by atoms with Crippen LogP contribution in [0.15, 0.2) is 29.3 Å². The third-order valence-corrected chi connectivity index (χ3v) is 4.49. The summed E-state index contributed by atoms with van der Waals surface area (Å²) >= 11 is 0. The minimum atomic E-state index is -0.273. The number of halogens is 1. The topological polar surface area (TPSA) is 101 Å². The van der Waals surface area contributed by atoms with Gasteiger partial charge in [-0.2, -0.15) is 0 Å². The Morgan fingerprint density at radius 1 is 1.29 bits per heavy atom. The van der Waals surface area contributed by atoms with Gasteiger partial charge in [0, 0.05) is 26.2 Å². The lowest BCUT2D eigenvalue weighted by Crippen LogP contribution is -2.50. The maximum atomic E-state index is 11.0. The molecule has 1 heterocycles. The highest BCUT2D eigenvalue weighted by Gasteiger charge is 2.21. The highest BCUT2D eigenvalue weighted by atomic mass is 127. The molecule has 0 bridgehead atoms. The van der Waals surface area contributed by atoms with Crippen LogP contribution in [0.25, 0.3) is 0 Å². The minimum Gasteiger partial charge on any atom is -0.497 e. The van der Waals surface area contributed by atoms with Gasteiger partial charge in [0.1, 0.15) is 17.6 Å². The molecule has 28 heavy (non-hydrogen) atoms. The van der Waals surface area contributed by atoms with Crippen molar-refractivity contribution in [2.24, 2.45) is 10.7 Å². The molecule has 2 rings (SSSR count). The fraction of sp³-hybridized carbons (Fsp3) is 0.579. The maximum absolute atomic E-state index is 11.0. The molecule has 0 spiro atoms. The second-order valence-corrected chi connectivity index (χ2v) is 6.72. The van der Waals surface area contributed by atoms with Gasteiger partial charge in [0.05, 0.1) is 20.2 Å². The zero-order valence-electron chi connectivity index (χ0n) is 16.8. The molecule has 0 saturated carbocycles. The second kappa shape index (κ2) is 12.7. The summed E-state index contributed by atoms with van der Waals surface area (Å²) in [6.45, 7) is 4.68. The molecule has 0 aromatic heterocycles. The van der Waals surface area contributed by atoms with Crippen LogP contribution in [-0.2, 0) is 4.79 Å². The number of nitrogens with one attached hydrogen (secondary N) is 2. The Bertz CT molecular complexity index is 619. The van der Waals surface area contributed by atoms with E-state index < -0.39 is 0 Å². The van der Waals surface area contributed by atoms with E-state index in [4.69, 9.17) is 15.2 Å². The van der Waals surface area contributed by atoms with Gasteiger partial charge in [0.25, 0.3) is 0 Å². The van der Waals surface area contributed by atoms with Gasteiger partial charge >= 0.3 is 0 Å². The summed E-state index contributed by atoms with van der Waals surface area (Å²) in [5, 5.41) is 6.74. The molecule has 1 amide bonds. The molecule has 9 heteroatoms. The Morgan fingerprint density at radius 2 is 1.89 bits per heavy atom. The number of aliphatic imine (C=N–C) groups is 1. The van der Waals surface area contributed by atoms with E-state index in [1.165, 1.54) is 0 Å². The van der Waals surface area contributed by atoms with Crippen molar-refractivity contribution in [3.8, 4) is 11.5 Å². The van der Waals surface area contributed by atoms with E-state index in [2.05, 4.69) is 20.5 Å². The van der Waals surface area contributed by atoms with Crippen molar-refractivity contribution in [3.63, 3.8) is 0 Å². The number of amides is 1. The summed E-state index contributed by atoms with van der Waals surface area (Å²) in [5.41, 5.74) is 5.25. The van der Waals surface area contributed by atoms with Crippen LogP contribution in [0.4, 0.5) is 0 Å². The van der Waals surface area contributed by atoms with Crippen molar-refractivity contribution in [1.29, 1.82) is 0 Å². The van der Waals surface area contributed by atoms with Crippen molar-refractivity contribution in [2.75, 3.05) is 40.3 Å². The Labute approximate surface area is 184 Å². The third-order valence-electron chi connectivity index (χ3n) is 4.49. The van der Waals surface area contributed by atoms with Crippen molar-refractivity contribution in [3.05, 3.63) is 24.3 Å². The van der Waals surface area contributed by atoms with E-state index in [0.717, 1.165) is 43.4 Å². The molecule has 1 saturated heterocycles. The first-order valence-corrected chi connectivity index (χ1v) is 9.28. The Hall–Kier alpha value is -1.75. The smallest absolute Gasteiger partial charge is 0.231 e. The van der Waals surface area contributed by atoms with E-state index in [9.17, 15) is 4.79 Å². The molecule has 1 aliphatic rings. The number of likely N-dealkylation sites (tertiary alicyclic amines) is 1. The SMILES string of the molecule is CN=C(NCC(C)Oc1ccc(OC)cc1)NC1CCN(CC(N)=O)CC1.I. The van der Waals surface area contributed by atoms with Gasteiger partial charge in [-0.05, 0) is 44.0 Å². The van der Waals surface area contributed by atoms with E-state index >= 15 is 0 Å². The summed E-state index contributed by atoms with van der Waals surface area (Å²) < 4.78 is 11.0. The standard InChI is InChI=1S/C19H31N5O3.HI/c1-14(27-17-6-4-16(26-3)5-7-17)12-22-19(21-2)23-15-8-10-24(11-9-15)13-18(20)25;/h4-7,14-15H,8-13H2,1-3H3,(H2,20,25)(H2,21,22,23);1H. The third kappa shape index (κ3) is 8.51. The molecule has 1 fully saturated rings. The summed E-state index contributed by atoms with van der Waals surface area (Å²) in [6.07, 6.45) is 1.88. The van der Waals surface area contributed by atoms with Crippen LogP contribution in [0.2, 0.25) is 0 Å². The number of guanidine groups is 1. The van der Waals surface area contributed by atoms with Crippen LogP contribution in [0, 0.1) is 0 Å².